The van der Waals surface area contributed by atoms with Crippen LogP contribution in [0.5, 0.6) is 0 Å². The number of carbonyl (C=O) groups is 1. The molecule has 2 atom stereocenters. The fourth-order valence-corrected chi connectivity index (χ4v) is 2.15. The number of rotatable bonds is 6. The van der Waals surface area contributed by atoms with E-state index in [2.05, 4.69) is 5.32 Å². The van der Waals surface area contributed by atoms with Crippen LogP contribution in [0.2, 0.25) is 0 Å². The van der Waals surface area contributed by atoms with Crippen LogP contribution in [-0.2, 0) is 15.6 Å². The molecule has 0 radical (unpaired) electrons. The van der Waals surface area contributed by atoms with Gasteiger partial charge >= 0.3 is 0 Å². The molecule has 1 amide bonds. The van der Waals surface area contributed by atoms with E-state index in [0.29, 0.717) is 12.3 Å². The van der Waals surface area contributed by atoms with E-state index in [-0.39, 0.29) is 17.4 Å². The van der Waals surface area contributed by atoms with Gasteiger partial charge in [0.15, 0.2) is 0 Å². The molecule has 0 spiro atoms. The van der Waals surface area contributed by atoms with Crippen molar-refractivity contribution in [3.8, 4) is 0 Å². The van der Waals surface area contributed by atoms with Crippen LogP contribution in [0.25, 0.3) is 0 Å². The van der Waals surface area contributed by atoms with Crippen LogP contribution in [0.1, 0.15) is 26.2 Å². The lowest BCUT2D eigenvalue weighted by Gasteiger charge is -2.17. The molecule has 0 aromatic carbocycles. The Morgan fingerprint density at radius 1 is 1.60 bits per heavy atom. The highest BCUT2D eigenvalue weighted by Crippen LogP contribution is 2.44. The SMILES string of the molecule is CC(CCS(C)=O)NC(=O)C1(CN)CC1. The van der Waals surface area contributed by atoms with Crippen LogP contribution in [-0.4, -0.2) is 34.7 Å². The Morgan fingerprint density at radius 3 is 2.60 bits per heavy atom. The van der Waals surface area contributed by atoms with E-state index < -0.39 is 10.8 Å². The van der Waals surface area contributed by atoms with Crippen molar-refractivity contribution in [2.45, 2.75) is 32.2 Å². The van der Waals surface area contributed by atoms with Crippen LogP contribution >= 0.6 is 0 Å². The quantitative estimate of drug-likeness (QED) is 0.677. The molecule has 0 aliphatic heterocycles. The maximum Gasteiger partial charge on any atom is 0.227 e. The largest absolute Gasteiger partial charge is 0.353 e. The van der Waals surface area contributed by atoms with E-state index in [1.165, 1.54) is 0 Å². The van der Waals surface area contributed by atoms with Gasteiger partial charge in [-0.1, -0.05) is 0 Å². The van der Waals surface area contributed by atoms with E-state index in [0.717, 1.165) is 19.3 Å². The zero-order valence-electron chi connectivity index (χ0n) is 9.41. The first-order valence-electron chi connectivity index (χ1n) is 5.31. The van der Waals surface area contributed by atoms with E-state index in [4.69, 9.17) is 5.73 Å². The summed E-state index contributed by atoms with van der Waals surface area (Å²) in [5.41, 5.74) is 5.28. The van der Waals surface area contributed by atoms with Crippen molar-refractivity contribution in [1.82, 2.24) is 5.32 Å². The molecule has 88 valence electrons. The molecular formula is C10H20N2O2S. The maximum atomic E-state index is 11.7. The molecule has 3 N–H and O–H groups in total. The predicted molar refractivity (Wildman–Crippen MR) is 61.9 cm³/mol. The van der Waals surface area contributed by atoms with Gasteiger partial charge in [0.05, 0.1) is 5.41 Å². The first-order chi connectivity index (χ1) is 7.00. The van der Waals surface area contributed by atoms with Crippen LogP contribution in [0, 0.1) is 5.41 Å². The Morgan fingerprint density at radius 2 is 2.20 bits per heavy atom. The van der Waals surface area contributed by atoms with Crippen LogP contribution in [0.4, 0.5) is 0 Å². The van der Waals surface area contributed by atoms with Crippen molar-refractivity contribution in [1.29, 1.82) is 0 Å². The molecule has 0 saturated heterocycles. The van der Waals surface area contributed by atoms with Crippen molar-refractivity contribution in [3.63, 3.8) is 0 Å². The normalized spacial score (nSPS) is 21.8. The minimum atomic E-state index is -0.784. The average Bonchev–Trinajstić information content (AvgIpc) is 2.95. The molecule has 1 aliphatic rings. The topological polar surface area (TPSA) is 72.2 Å². The molecule has 15 heavy (non-hydrogen) atoms. The number of carbonyl (C=O) groups excluding carboxylic acids is 1. The minimum Gasteiger partial charge on any atom is -0.353 e. The molecule has 4 nitrogen and oxygen atoms in total. The van der Waals surface area contributed by atoms with Gasteiger partial charge in [0, 0.05) is 35.4 Å². The van der Waals surface area contributed by atoms with Gasteiger partial charge in [-0.25, -0.2) is 0 Å². The number of nitrogens with two attached hydrogens (primary N) is 1. The Bertz CT molecular complexity index is 264. The van der Waals surface area contributed by atoms with Gasteiger partial charge in [-0.3, -0.25) is 9.00 Å². The lowest BCUT2D eigenvalue weighted by Crippen LogP contribution is -2.41. The van der Waals surface area contributed by atoms with E-state index in [1.807, 2.05) is 6.92 Å². The van der Waals surface area contributed by atoms with Crippen LogP contribution in [0.3, 0.4) is 0 Å². The highest BCUT2D eigenvalue weighted by Gasteiger charge is 2.48. The van der Waals surface area contributed by atoms with Crippen molar-refractivity contribution in [2.75, 3.05) is 18.6 Å². The van der Waals surface area contributed by atoms with Crippen LogP contribution in [0.15, 0.2) is 0 Å². The Labute approximate surface area is 93.4 Å². The number of amides is 1. The first kappa shape index (κ1) is 12.6. The molecular weight excluding hydrogens is 212 g/mol. The third kappa shape index (κ3) is 3.57. The van der Waals surface area contributed by atoms with E-state index in [9.17, 15) is 9.00 Å². The second-order valence-corrected chi connectivity index (χ2v) is 5.98. The summed E-state index contributed by atoms with van der Waals surface area (Å²) in [5.74, 6) is 0.705. The van der Waals surface area contributed by atoms with Crippen molar-refractivity contribution in [3.05, 3.63) is 0 Å². The smallest absolute Gasteiger partial charge is 0.227 e. The standard InChI is InChI=1S/C10H20N2O2S/c1-8(3-6-15(2)14)12-9(13)10(7-11)4-5-10/h8H,3-7,11H2,1-2H3,(H,12,13). The highest BCUT2D eigenvalue weighted by molar-refractivity contribution is 7.84. The first-order valence-corrected chi connectivity index (χ1v) is 7.04. The van der Waals surface area contributed by atoms with Gasteiger partial charge in [0.1, 0.15) is 0 Å². The van der Waals surface area contributed by atoms with Crippen molar-refractivity contribution >= 4 is 16.7 Å². The summed E-state index contributed by atoms with van der Waals surface area (Å²) in [6.07, 6.45) is 4.25. The number of nitrogens with one attached hydrogen (secondary N) is 1. The van der Waals surface area contributed by atoms with Gasteiger partial charge < -0.3 is 11.1 Å². The summed E-state index contributed by atoms with van der Waals surface area (Å²) < 4.78 is 10.9. The van der Waals surface area contributed by atoms with E-state index in [1.54, 1.807) is 6.26 Å². The molecule has 2 unspecified atom stereocenters. The van der Waals surface area contributed by atoms with Gasteiger partial charge in [-0.05, 0) is 26.2 Å². The molecule has 1 saturated carbocycles. The molecule has 1 fully saturated rings. The molecule has 1 rings (SSSR count). The molecule has 1 aliphatic carbocycles. The second-order valence-electron chi connectivity index (χ2n) is 4.42. The zero-order valence-corrected chi connectivity index (χ0v) is 10.2. The number of hydrogen-bond acceptors (Lipinski definition) is 3. The average molecular weight is 232 g/mol. The van der Waals surface area contributed by atoms with Gasteiger partial charge in [0.25, 0.3) is 0 Å². The summed E-state index contributed by atoms with van der Waals surface area (Å²) in [4.78, 5) is 11.7. The van der Waals surface area contributed by atoms with E-state index >= 15 is 0 Å². The summed E-state index contributed by atoms with van der Waals surface area (Å²) in [5, 5.41) is 2.94. The van der Waals surface area contributed by atoms with Crippen molar-refractivity contribution in [2.24, 2.45) is 11.1 Å². The molecule has 0 aromatic rings. The fraction of sp³-hybridized carbons (Fsp3) is 0.900. The second kappa shape index (κ2) is 5.07. The molecule has 5 heteroatoms. The molecule has 0 aromatic heterocycles. The van der Waals surface area contributed by atoms with Gasteiger partial charge in [0.2, 0.25) is 5.91 Å². The fourth-order valence-electron chi connectivity index (χ4n) is 1.47. The third-order valence-electron chi connectivity index (χ3n) is 2.94. The van der Waals surface area contributed by atoms with Crippen LogP contribution < -0.4 is 11.1 Å². The summed E-state index contributed by atoms with van der Waals surface area (Å²) in [6.45, 7) is 2.38. The summed E-state index contributed by atoms with van der Waals surface area (Å²) in [6, 6.07) is 0.0884. The Hall–Kier alpha value is -0.420. The molecule has 0 bridgehead atoms. The Balaban J connectivity index is 2.28. The molecule has 0 heterocycles. The third-order valence-corrected chi connectivity index (χ3v) is 3.75. The monoisotopic (exact) mass is 232 g/mol. The predicted octanol–water partition coefficient (Wildman–Crippen LogP) is -0.00140. The Kier molecular flexibility index (Phi) is 4.28. The summed E-state index contributed by atoms with van der Waals surface area (Å²) in [7, 11) is -0.784. The highest BCUT2D eigenvalue weighted by atomic mass is 32.2. The maximum absolute atomic E-state index is 11.7. The summed E-state index contributed by atoms with van der Waals surface area (Å²) >= 11 is 0. The lowest BCUT2D eigenvalue weighted by atomic mass is 10.1. The lowest BCUT2D eigenvalue weighted by molar-refractivity contribution is -0.126. The van der Waals surface area contributed by atoms with Gasteiger partial charge in [-0.2, -0.15) is 0 Å². The minimum absolute atomic E-state index is 0.0689. The zero-order chi connectivity index (χ0) is 11.5. The van der Waals surface area contributed by atoms with Gasteiger partial charge in [-0.15, -0.1) is 0 Å². The van der Waals surface area contributed by atoms with Crippen molar-refractivity contribution < 1.29 is 9.00 Å². The number of hydrogen-bond donors (Lipinski definition) is 2.